The molecule has 6 heteroatoms. The first-order valence-corrected chi connectivity index (χ1v) is 12.8. The number of carbonyl (C=O) groups excluding carboxylic acids is 1. The lowest BCUT2D eigenvalue weighted by atomic mass is 9.85. The molecule has 2 atom stereocenters. The number of aliphatic imine (C=N–C) groups is 2. The fourth-order valence-corrected chi connectivity index (χ4v) is 4.97. The van der Waals surface area contributed by atoms with Gasteiger partial charge in [0.15, 0.2) is 5.78 Å². The van der Waals surface area contributed by atoms with Crippen molar-refractivity contribution < 1.29 is 4.79 Å². The predicted octanol–water partition coefficient (Wildman–Crippen LogP) is 6.25. The van der Waals surface area contributed by atoms with Gasteiger partial charge in [-0.2, -0.15) is 10.4 Å². The monoisotopic (exact) mass is 491 g/mol. The summed E-state index contributed by atoms with van der Waals surface area (Å²) in [6.45, 7) is 6.66. The molecule has 0 N–H and O–H groups in total. The Balaban J connectivity index is 1.77. The molecule has 0 saturated heterocycles. The molecule has 1 aliphatic heterocycles. The number of hydrogen-bond donors (Lipinski definition) is 0. The van der Waals surface area contributed by atoms with Gasteiger partial charge in [-0.15, -0.1) is 0 Å². The summed E-state index contributed by atoms with van der Waals surface area (Å²) in [5, 5.41) is 14.5. The zero-order chi connectivity index (χ0) is 26.4. The second-order valence-electron chi connectivity index (χ2n) is 9.65. The summed E-state index contributed by atoms with van der Waals surface area (Å²) in [7, 11) is 1.65. The molecule has 3 aromatic rings. The van der Waals surface area contributed by atoms with Crippen molar-refractivity contribution in [3.8, 4) is 17.2 Å². The minimum absolute atomic E-state index is 0.00867. The van der Waals surface area contributed by atoms with Crippen LogP contribution in [0.2, 0.25) is 0 Å². The number of benzene rings is 2. The Hall–Kier alpha value is -4.11. The summed E-state index contributed by atoms with van der Waals surface area (Å²) in [5.41, 5.74) is 6.28. The first-order chi connectivity index (χ1) is 18.0. The van der Waals surface area contributed by atoms with E-state index in [9.17, 15) is 10.1 Å². The first-order valence-electron chi connectivity index (χ1n) is 12.8. The normalized spacial score (nSPS) is 17.1. The second kappa shape index (κ2) is 11.7. The Morgan fingerprint density at radius 2 is 1.86 bits per heavy atom. The molecule has 1 aliphatic rings. The van der Waals surface area contributed by atoms with Gasteiger partial charge in [0.2, 0.25) is 0 Å². The molecule has 1 aromatic heterocycles. The average molecular weight is 492 g/mol. The molecular formula is C31H33N5O. The molecule has 0 fully saturated rings. The molecule has 4 rings (SSSR count). The number of hydrogen-bond acceptors (Lipinski definition) is 5. The molecular weight excluding hydrogens is 458 g/mol. The molecule has 6 nitrogen and oxygen atoms in total. The Bertz CT molecular complexity index is 1390. The topological polar surface area (TPSA) is 83.4 Å². The molecule has 0 spiro atoms. The lowest BCUT2D eigenvalue weighted by molar-refractivity contribution is -0.116. The van der Waals surface area contributed by atoms with E-state index in [2.05, 4.69) is 40.4 Å². The fraction of sp³-hybridized carbons (Fsp3) is 0.323. The van der Waals surface area contributed by atoms with E-state index in [1.807, 2.05) is 62.0 Å². The maximum Gasteiger partial charge on any atom is 0.161 e. The third-order valence-electron chi connectivity index (χ3n) is 6.81. The smallest absolute Gasteiger partial charge is 0.161 e. The number of Topliss-reactive ketones (excluding diaryl/α,β-unsaturated/α-hetero) is 1. The van der Waals surface area contributed by atoms with Crippen LogP contribution in [0.15, 0.2) is 82.5 Å². The van der Waals surface area contributed by atoms with Crippen LogP contribution in [0, 0.1) is 29.1 Å². The Labute approximate surface area is 219 Å². The number of allylic oxidation sites excluding steroid dienone is 1. The number of aromatic nitrogens is 2. The van der Waals surface area contributed by atoms with Gasteiger partial charge in [-0.25, -0.2) is 0 Å². The van der Waals surface area contributed by atoms with Crippen LogP contribution in [-0.4, -0.2) is 34.5 Å². The average Bonchev–Trinajstić information content (AvgIpc) is 3.31. The number of carbonyl (C=O) groups is 1. The molecule has 188 valence electrons. The Morgan fingerprint density at radius 1 is 1.14 bits per heavy atom. The first kappa shape index (κ1) is 26.0. The van der Waals surface area contributed by atoms with Crippen molar-refractivity contribution in [2.75, 3.05) is 7.05 Å². The molecule has 37 heavy (non-hydrogen) atoms. The summed E-state index contributed by atoms with van der Waals surface area (Å²) in [6, 6.07) is 20.9. The number of nitriles is 1. The zero-order valence-electron chi connectivity index (χ0n) is 21.9. The highest BCUT2D eigenvalue weighted by atomic mass is 16.1. The molecule has 0 bridgehead atoms. The number of nitrogens with zero attached hydrogens (tertiary/aromatic N) is 5. The van der Waals surface area contributed by atoms with Gasteiger partial charge in [0.25, 0.3) is 0 Å². The van der Waals surface area contributed by atoms with Crippen molar-refractivity contribution in [2.45, 2.75) is 40.2 Å². The SMILES string of the molecule is CCC1CC(=O)C(C(C)C)=C(c2cnn(Cc3ccccc3-c3ccccc3)c2)N=C1C(C#N)C=NC. The predicted molar refractivity (Wildman–Crippen MR) is 149 cm³/mol. The van der Waals surface area contributed by atoms with Crippen LogP contribution in [0.5, 0.6) is 0 Å². The largest absolute Gasteiger partial charge is 0.299 e. The third kappa shape index (κ3) is 5.67. The van der Waals surface area contributed by atoms with Gasteiger partial charge in [-0.05, 0) is 29.0 Å². The van der Waals surface area contributed by atoms with Crippen molar-refractivity contribution >= 4 is 23.4 Å². The van der Waals surface area contributed by atoms with Gasteiger partial charge in [-0.1, -0.05) is 75.4 Å². The summed E-state index contributed by atoms with van der Waals surface area (Å²) < 4.78 is 1.89. The van der Waals surface area contributed by atoms with Crippen LogP contribution in [0.3, 0.4) is 0 Å². The van der Waals surface area contributed by atoms with Gasteiger partial charge in [0, 0.05) is 48.6 Å². The van der Waals surface area contributed by atoms with Gasteiger partial charge < -0.3 is 0 Å². The minimum Gasteiger partial charge on any atom is -0.299 e. The van der Waals surface area contributed by atoms with Gasteiger partial charge >= 0.3 is 0 Å². The van der Waals surface area contributed by atoms with Gasteiger partial charge in [-0.3, -0.25) is 19.5 Å². The van der Waals surface area contributed by atoms with Crippen molar-refractivity contribution in [3.63, 3.8) is 0 Å². The van der Waals surface area contributed by atoms with E-state index in [1.165, 1.54) is 0 Å². The highest BCUT2D eigenvalue weighted by Gasteiger charge is 2.32. The third-order valence-corrected chi connectivity index (χ3v) is 6.81. The van der Waals surface area contributed by atoms with Crippen LogP contribution in [0.25, 0.3) is 16.8 Å². The van der Waals surface area contributed by atoms with Crippen molar-refractivity contribution in [1.29, 1.82) is 5.26 Å². The number of rotatable bonds is 8. The van der Waals surface area contributed by atoms with Crippen LogP contribution >= 0.6 is 0 Å². The molecule has 0 saturated carbocycles. The van der Waals surface area contributed by atoms with Crippen molar-refractivity contribution in [2.24, 2.45) is 27.7 Å². The molecule has 2 heterocycles. The summed E-state index contributed by atoms with van der Waals surface area (Å²) in [4.78, 5) is 22.6. The van der Waals surface area contributed by atoms with Crippen LogP contribution in [0.4, 0.5) is 0 Å². The quantitative estimate of drug-likeness (QED) is 0.349. The highest BCUT2D eigenvalue weighted by Crippen LogP contribution is 2.34. The van der Waals surface area contributed by atoms with Gasteiger partial charge in [0.1, 0.15) is 5.92 Å². The van der Waals surface area contributed by atoms with Crippen LogP contribution in [-0.2, 0) is 11.3 Å². The Kier molecular flexibility index (Phi) is 8.25. The molecule has 2 aromatic carbocycles. The van der Waals surface area contributed by atoms with E-state index in [0.29, 0.717) is 29.9 Å². The standard InChI is InChI=1S/C31H33N5O/c1-5-22-15-28(37)29(21(2)3)31(35-30(22)25(16-32)17-33-4)26-18-34-36(20-26)19-24-13-9-10-14-27(24)23-11-7-6-8-12-23/h6-14,17-18,20-22,25H,5,15,19H2,1-4H3. The summed E-state index contributed by atoms with van der Waals surface area (Å²) >= 11 is 0. The van der Waals surface area contributed by atoms with Gasteiger partial charge in [0.05, 0.1) is 24.5 Å². The maximum absolute atomic E-state index is 13.4. The van der Waals surface area contributed by atoms with E-state index in [4.69, 9.17) is 4.99 Å². The maximum atomic E-state index is 13.4. The molecule has 2 unspecified atom stereocenters. The number of ketones is 1. The van der Waals surface area contributed by atoms with E-state index < -0.39 is 5.92 Å². The van der Waals surface area contributed by atoms with E-state index in [-0.39, 0.29) is 17.6 Å². The van der Waals surface area contributed by atoms with Crippen molar-refractivity contribution in [1.82, 2.24) is 9.78 Å². The van der Waals surface area contributed by atoms with E-state index in [0.717, 1.165) is 28.7 Å². The lowest BCUT2D eigenvalue weighted by Gasteiger charge is -2.17. The van der Waals surface area contributed by atoms with Crippen molar-refractivity contribution in [3.05, 3.63) is 83.7 Å². The minimum atomic E-state index is -0.572. The molecule has 0 aliphatic carbocycles. The van der Waals surface area contributed by atoms with Crippen LogP contribution in [0.1, 0.15) is 44.7 Å². The summed E-state index contributed by atoms with van der Waals surface area (Å²) in [6.07, 6.45) is 6.43. The lowest BCUT2D eigenvalue weighted by Crippen LogP contribution is -2.25. The summed E-state index contributed by atoms with van der Waals surface area (Å²) in [5.74, 6) is -0.597. The molecule has 0 radical (unpaired) electrons. The zero-order valence-corrected chi connectivity index (χ0v) is 21.9. The van der Waals surface area contributed by atoms with Crippen LogP contribution < -0.4 is 0 Å². The highest BCUT2D eigenvalue weighted by molar-refractivity contribution is 6.12. The molecule has 0 amide bonds. The van der Waals surface area contributed by atoms with E-state index in [1.54, 1.807) is 19.5 Å². The van der Waals surface area contributed by atoms with E-state index >= 15 is 0 Å². The Morgan fingerprint density at radius 3 is 2.54 bits per heavy atom. The fourth-order valence-electron chi connectivity index (χ4n) is 4.97. The second-order valence-corrected chi connectivity index (χ2v) is 9.65.